The highest BCUT2D eigenvalue weighted by molar-refractivity contribution is 7.16. The second kappa shape index (κ2) is 6.92. The standard InChI is InChI=1S/C15H17ClN2S.ClH/c16-15-7-6-12(19-15)8-18-9-13(14(17)10-18)11-4-2-1-3-5-11;/h1-7,13-14H,8-10,17H2;1H/t13-,14+;/m0./s1. The first-order valence-corrected chi connectivity index (χ1v) is 7.69. The third-order valence-electron chi connectivity index (χ3n) is 3.68. The molecule has 2 aromatic rings. The van der Waals surface area contributed by atoms with Gasteiger partial charge in [-0.3, -0.25) is 4.90 Å². The van der Waals surface area contributed by atoms with E-state index < -0.39 is 0 Å². The van der Waals surface area contributed by atoms with Gasteiger partial charge in [-0.25, -0.2) is 0 Å². The molecule has 0 amide bonds. The highest BCUT2D eigenvalue weighted by Crippen LogP contribution is 2.29. The summed E-state index contributed by atoms with van der Waals surface area (Å²) >= 11 is 7.63. The second-order valence-corrected chi connectivity index (χ2v) is 6.88. The van der Waals surface area contributed by atoms with E-state index in [2.05, 4.69) is 41.3 Å². The van der Waals surface area contributed by atoms with Crippen LogP contribution in [0.3, 0.4) is 0 Å². The summed E-state index contributed by atoms with van der Waals surface area (Å²) in [6.07, 6.45) is 0. The first kappa shape index (κ1) is 15.8. The Morgan fingerprint density at radius 1 is 1.15 bits per heavy atom. The van der Waals surface area contributed by atoms with Crippen molar-refractivity contribution in [3.8, 4) is 0 Å². The van der Waals surface area contributed by atoms with Gasteiger partial charge in [0.1, 0.15) is 0 Å². The summed E-state index contributed by atoms with van der Waals surface area (Å²) in [5, 5.41) is 0. The number of nitrogens with zero attached hydrogens (tertiary/aromatic N) is 1. The average molecular weight is 329 g/mol. The molecule has 1 fully saturated rings. The predicted octanol–water partition coefficient (Wildman–Crippen LogP) is 3.75. The minimum atomic E-state index is 0. The van der Waals surface area contributed by atoms with Crippen LogP contribution in [0.15, 0.2) is 42.5 Å². The molecule has 0 spiro atoms. The number of likely N-dealkylation sites (tertiary alicyclic amines) is 1. The topological polar surface area (TPSA) is 29.3 Å². The van der Waals surface area contributed by atoms with Crippen LogP contribution in [0.4, 0.5) is 0 Å². The molecule has 2 heterocycles. The molecular formula is C15H18Cl2N2S. The summed E-state index contributed by atoms with van der Waals surface area (Å²) in [4.78, 5) is 3.73. The molecule has 1 aromatic carbocycles. The lowest BCUT2D eigenvalue weighted by molar-refractivity contribution is 0.327. The van der Waals surface area contributed by atoms with Crippen LogP contribution in [0.25, 0.3) is 0 Å². The average Bonchev–Trinajstić information content (AvgIpc) is 2.97. The van der Waals surface area contributed by atoms with Crippen LogP contribution in [-0.2, 0) is 6.54 Å². The second-order valence-electron chi connectivity index (χ2n) is 5.08. The SMILES string of the molecule is Cl.N[C@@H]1CN(Cc2ccc(Cl)s2)C[C@H]1c1ccccc1. The fourth-order valence-electron chi connectivity index (χ4n) is 2.75. The fourth-order valence-corrected chi connectivity index (χ4v) is 3.88. The molecule has 1 saturated heterocycles. The summed E-state index contributed by atoms with van der Waals surface area (Å²) in [6, 6.07) is 14.9. The normalized spacial score (nSPS) is 22.7. The summed E-state index contributed by atoms with van der Waals surface area (Å²) in [5.41, 5.74) is 7.64. The molecule has 3 rings (SSSR count). The molecule has 0 bridgehead atoms. The van der Waals surface area contributed by atoms with Gasteiger partial charge in [0, 0.05) is 36.5 Å². The zero-order chi connectivity index (χ0) is 13.2. The summed E-state index contributed by atoms with van der Waals surface area (Å²) < 4.78 is 0.859. The molecule has 20 heavy (non-hydrogen) atoms. The van der Waals surface area contributed by atoms with Gasteiger partial charge >= 0.3 is 0 Å². The molecule has 1 aromatic heterocycles. The van der Waals surface area contributed by atoms with Gasteiger partial charge < -0.3 is 5.73 Å². The monoisotopic (exact) mass is 328 g/mol. The van der Waals surface area contributed by atoms with Crippen molar-refractivity contribution in [1.29, 1.82) is 0 Å². The molecule has 5 heteroatoms. The smallest absolute Gasteiger partial charge is 0.0931 e. The number of halogens is 2. The number of hydrogen-bond donors (Lipinski definition) is 1. The van der Waals surface area contributed by atoms with E-state index >= 15 is 0 Å². The van der Waals surface area contributed by atoms with E-state index in [0.717, 1.165) is 24.0 Å². The third kappa shape index (κ3) is 3.54. The van der Waals surface area contributed by atoms with Crippen LogP contribution in [0.5, 0.6) is 0 Å². The summed E-state index contributed by atoms with van der Waals surface area (Å²) in [5.74, 6) is 0.441. The van der Waals surface area contributed by atoms with Gasteiger partial charge in [-0.05, 0) is 17.7 Å². The predicted molar refractivity (Wildman–Crippen MR) is 89.0 cm³/mol. The molecule has 0 unspecified atom stereocenters. The number of nitrogens with two attached hydrogens (primary N) is 1. The van der Waals surface area contributed by atoms with Crippen molar-refractivity contribution in [2.24, 2.45) is 5.73 Å². The van der Waals surface area contributed by atoms with Gasteiger partial charge in [-0.1, -0.05) is 41.9 Å². The zero-order valence-electron chi connectivity index (χ0n) is 11.0. The molecule has 1 aliphatic heterocycles. The van der Waals surface area contributed by atoms with Crippen molar-refractivity contribution in [3.63, 3.8) is 0 Å². The highest BCUT2D eigenvalue weighted by Gasteiger charge is 2.31. The van der Waals surface area contributed by atoms with E-state index in [1.165, 1.54) is 10.4 Å². The van der Waals surface area contributed by atoms with Crippen LogP contribution >= 0.6 is 35.3 Å². The van der Waals surface area contributed by atoms with Gasteiger partial charge in [0.25, 0.3) is 0 Å². The molecule has 0 radical (unpaired) electrons. The van der Waals surface area contributed by atoms with E-state index in [-0.39, 0.29) is 18.4 Å². The van der Waals surface area contributed by atoms with Gasteiger partial charge in [0.2, 0.25) is 0 Å². The Bertz CT molecular complexity index is 544. The molecule has 2 N–H and O–H groups in total. The van der Waals surface area contributed by atoms with Crippen molar-refractivity contribution in [2.45, 2.75) is 18.5 Å². The van der Waals surface area contributed by atoms with E-state index in [4.69, 9.17) is 17.3 Å². The van der Waals surface area contributed by atoms with Crippen LogP contribution < -0.4 is 5.73 Å². The third-order valence-corrected chi connectivity index (χ3v) is 4.89. The maximum atomic E-state index is 6.30. The minimum Gasteiger partial charge on any atom is -0.326 e. The maximum Gasteiger partial charge on any atom is 0.0931 e. The number of thiophene rings is 1. The first-order chi connectivity index (χ1) is 9.22. The van der Waals surface area contributed by atoms with E-state index in [0.29, 0.717) is 5.92 Å². The quantitative estimate of drug-likeness (QED) is 0.929. The summed E-state index contributed by atoms with van der Waals surface area (Å²) in [6.45, 7) is 2.93. The fraction of sp³-hybridized carbons (Fsp3) is 0.333. The molecule has 2 atom stereocenters. The largest absolute Gasteiger partial charge is 0.326 e. The highest BCUT2D eigenvalue weighted by atomic mass is 35.5. The lowest BCUT2D eigenvalue weighted by Crippen LogP contribution is -2.28. The van der Waals surface area contributed by atoms with Crippen LogP contribution in [0, 0.1) is 0 Å². The van der Waals surface area contributed by atoms with E-state index in [1.807, 2.05) is 6.07 Å². The van der Waals surface area contributed by atoms with Gasteiger partial charge in [0.15, 0.2) is 0 Å². The van der Waals surface area contributed by atoms with Gasteiger partial charge in [0.05, 0.1) is 4.34 Å². The molecule has 2 nitrogen and oxygen atoms in total. The molecular weight excluding hydrogens is 311 g/mol. The van der Waals surface area contributed by atoms with Crippen LogP contribution in [0.1, 0.15) is 16.4 Å². The Morgan fingerprint density at radius 3 is 2.55 bits per heavy atom. The van der Waals surface area contributed by atoms with Crippen LogP contribution in [0.2, 0.25) is 4.34 Å². The number of benzene rings is 1. The van der Waals surface area contributed by atoms with Crippen molar-refractivity contribution in [2.75, 3.05) is 13.1 Å². The maximum absolute atomic E-state index is 6.30. The summed E-state index contributed by atoms with van der Waals surface area (Å²) in [7, 11) is 0. The van der Waals surface area contributed by atoms with Crippen molar-refractivity contribution >= 4 is 35.3 Å². The zero-order valence-corrected chi connectivity index (χ0v) is 13.4. The van der Waals surface area contributed by atoms with Gasteiger partial charge in [-0.15, -0.1) is 23.7 Å². The molecule has 0 aliphatic carbocycles. The van der Waals surface area contributed by atoms with Gasteiger partial charge in [-0.2, -0.15) is 0 Å². The lowest BCUT2D eigenvalue weighted by atomic mass is 9.95. The van der Waals surface area contributed by atoms with Crippen molar-refractivity contribution in [1.82, 2.24) is 4.90 Å². The molecule has 0 saturated carbocycles. The van der Waals surface area contributed by atoms with Crippen molar-refractivity contribution < 1.29 is 0 Å². The Labute approximate surface area is 135 Å². The minimum absolute atomic E-state index is 0. The molecule has 108 valence electrons. The Kier molecular flexibility index (Phi) is 5.47. The Balaban J connectivity index is 0.00000147. The Hall–Kier alpha value is -0.580. The lowest BCUT2D eigenvalue weighted by Gasteiger charge is -2.15. The number of rotatable bonds is 3. The van der Waals surface area contributed by atoms with E-state index in [1.54, 1.807) is 11.3 Å². The number of hydrogen-bond acceptors (Lipinski definition) is 3. The molecule has 1 aliphatic rings. The van der Waals surface area contributed by atoms with E-state index in [9.17, 15) is 0 Å². The van der Waals surface area contributed by atoms with Crippen molar-refractivity contribution in [3.05, 3.63) is 57.2 Å². The Morgan fingerprint density at radius 2 is 1.90 bits per heavy atom. The van der Waals surface area contributed by atoms with Crippen LogP contribution in [-0.4, -0.2) is 24.0 Å². The first-order valence-electron chi connectivity index (χ1n) is 6.49.